The highest BCUT2D eigenvalue weighted by Gasteiger charge is 2.30. The van der Waals surface area contributed by atoms with Gasteiger partial charge in [-0.15, -0.1) is 0 Å². The summed E-state index contributed by atoms with van der Waals surface area (Å²) >= 11 is 0. The van der Waals surface area contributed by atoms with Crippen LogP contribution in [-0.4, -0.2) is 45.5 Å². The summed E-state index contributed by atoms with van der Waals surface area (Å²) in [6.07, 6.45) is 0. The van der Waals surface area contributed by atoms with Crippen molar-refractivity contribution in [3.8, 4) is 5.75 Å². The molecule has 0 radical (unpaired) electrons. The van der Waals surface area contributed by atoms with Crippen LogP contribution in [0, 0.1) is 12.8 Å². The molecule has 3 aromatic carbocycles. The third kappa shape index (κ3) is 8.65. The lowest BCUT2D eigenvalue weighted by Crippen LogP contribution is -2.45. The highest BCUT2D eigenvalue weighted by molar-refractivity contribution is 7.89. The molecule has 0 bridgehead atoms. The largest absolute Gasteiger partial charge is 0.494 e. The van der Waals surface area contributed by atoms with Gasteiger partial charge in [-0.1, -0.05) is 31.5 Å². The number of amides is 2. The predicted octanol–water partition coefficient (Wildman–Crippen LogP) is 4.13. The molecule has 0 aliphatic carbocycles. The summed E-state index contributed by atoms with van der Waals surface area (Å²) in [5, 5.41) is 5.36. The Kier molecular flexibility index (Phi) is 10.4. The van der Waals surface area contributed by atoms with Crippen LogP contribution in [0.4, 0.5) is 11.4 Å². The van der Waals surface area contributed by atoms with Gasteiger partial charge in [0.05, 0.1) is 11.5 Å². The molecule has 40 heavy (non-hydrogen) atoms. The van der Waals surface area contributed by atoms with Gasteiger partial charge >= 0.3 is 5.97 Å². The van der Waals surface area contributed by atoms with E-state index in [1.54, 1.807) is 74.5 Å². The molecular formula is C29H33N3O7S. The van der Waals surface area contributed by atoms with Crippen LogP contribution in [0.5, 0.6) is 5.75 Å². The minimum absolute atomic E-state index is 0.0194. The maximum atomic E-state index is 12.7. The molecule has 3 N–H and O–H groups in total. The van der Waals surface area contributed by atoms with E-state index in [2.05, 4.69) is 15.4 Å². The van der Waals surface area contributed by atoms with Crippen molar-refractivity contribution in [3.05, 3.63) is 83.9 Å². The Morgan fingerprint density at radius 1 is 0.825 bits per heavy atom. The molecule has 0 spiro atoms. The predicted molar refractivity (Wildman–Crippen MR) is 152 cm³/mol. The number of aryl methyl sites for hydroxylation is 1. The number of anilines is 2. The summed E-state index contributed by atoms with van der Waals surface area (Å²) in [7, 11) is -3.98. The van der Waals surface area contributed by atoms with Crippen molar-refractivity contribution in [1.82, 2.24) is 4.72 Å². The fraction of sp³-hybridized carbons (Fsp3) is 0.276. The van der Waals surface area contributed by atoms with E-state index in [-0.39, 0.29) is 10.8 Å². The lowest BCUT2D eigenvalue weighted by Gasteiger charge is -2.20. The highest BCUT2D eigenvalue weighted by Crippen LogP contribution is 2.18. The minimum Gasteiger partial charge on any atom is -0.494 e. The van der Waals surface area contributed by atoms with Crippen molar-refractivity contribution in [2.24, 2.45) is 5.92 Å². The maximum absolute atomic E-state index is 12.7. The van der Waals surface area contributed by atoms with Crippen LogP contribution in [0.15, 0.2) is 77.7 Å². The summed E-state index contributed by atoms with van der Waals surface area (Å²) in [6, 6.07) is 18.2. The Morgan fingerprint density at radius 3 is 1.98 bits per heavy atom. The van der Waals surface area contributed by atoms with E-state index in [1.807, 2.05) is 13.8 Å². The summed E-state index contributed by atoms with van der Waals surface area (Å²) in [5.41, 5.74) is 2.26. The van der Waals surface area contributed by atoms with E-state index in [0.29, 0.717) is 29.3 Å². The molecule has 0 saturated heterocycles. The van der Waals surface area contributed by atoms with E-state index in [9.17, 15) is 22.8 Å². The first-order valence-electron chi connectivity index (χ1n) is 12.7. The van der Waals surface area contributed by atoms with Crippen LogP contribution in [0.25, 0.3) is 0 Å². The molecule has 3 rings (SSSR count). The number of sulfonamides is 1. The molecule has 10 nitrogen and oxygen atoms in total. The molecule has 2 amide bonds. The van der Waals surface area contributed by atoms with Gasteiger partial charge in [-0.3, -0.25) is 14.4 Å². The Morgan fingerprint density at radius 2 is 1.40 bits per heavy atom. The number of carbonyl (C=O) groups is 3. The van der Waals surface area contributed by atoms with Crippen LogP contribution >= 0.6 is 0 Å². The van der Waals surface area contributed by atoms with Gasteiger partial charge in [0.1, 0.15) is 11.8 Å². The van der Waals surface area contributed by atoms with Crippen molar-refractivity contribution in [3.63, 3.8) is 0 Å². The third-order valence-electron chi connectivity index (χ3n) is 5.73. The molecule has 0 aromatic heterocycles. The lowest BCUT2D eigenvalue weighted by molar-refractivity contribution is -0.150. The van der Waals surface area contributed by atoms with Gasteiger partial charge in [0.15, 0.2) is 6.61 Å². The van der Waals surface area contributed by atoms with Gasteiger partial charge < -0.3 is 20.1 Å². The molecular weight excluding hydrogens is 534 g/mol. The smallest absolute Gasteiger partial charge is 0.324 e. The summed E-state index contributed by atoms with van der Waals surface area (Å²) in [6.45, 7) is 6.98. The normalized spacial score (nSPS) is 11.9. The van der Waals surface area contributed by atoms with Gasteiger partial charge in [-0.05, 0) is 80.4 Å². The minimum atomic E-state index is -3.98. The van der Waals surface area contributed by atoms with Gasteiger partial charge in [-0.25, -0.2) is 8.42 Å². The van der Waals surface area contributed by atoms with Crippen LogP contribution in [-0.2, 0) is 24.3 Å². The van der Waals surface area contributed by atoms with Crippen molar-refractivity contribution in [2.75, 3.05) is 23.8 Å². The molecule has 0 heterocycles. The maximum Gasteiger partial charge on any atom is 0.324 e. The SMILES string of the molecule is CCOc1ccc(NC(=O)c2ccc(NC(=O)COC(=O)C(NS(=O)(=O)c3ccc(C)cc3)C(C)C)cc2)cc1. The molecule has 0 aliphatic rings. The average Bonchev–Trinajstić information content (AvgIpc) is 2.92. The van der Waals surface area contributed by atoms with Crippen LogP contribution in [0.2, 0.25) is 0 Å². The van der Waals surface area contributed by atoms with Crippen molar-refractivity contribution < 1.29 is 32.3 Å². The fourth-order valence-corrected chi connectivity index (χ4v) is 4.88. The van der Waals surface area contributed by atoms with E-state index in [0.717, 1.165) is 5.56 Å². The number of rotatable bonds is 12. The van der Waals surface area contributed by atoms with Gasteiger partial charge in [0, 0.05) is 16.9 Å². The third-order valence-corrected chi connectivity index (χ3v) is 7.19. The Hall–Kier alpha value is -4.22. The van der Waals surface area contributed by atoms with Gasteiger partial charge in [0.25, 0.3) is 11.8 Å². The fourth-order valence-electron chi connectivity index (χ4n) is 3.54. The molecule has 1 atom stereocenters. The first-order valence-corrected chi connectivity index (χ1v) is 14.2. The Balaban J connectivity index is 1.52. The molecule has 3 aromatic rings. The molecule has 11 heteroatoms. The first-order chi connectivity index (χ1) is 19.0. The zero-order valence-corrected chi connectivity index (χ0v) is 23.6. The van der Waals surface area contributed by atoms with Crippen molar-refractivity contribution in [1.29, 1.82) is 0 Å². The quantitative estimate of drug-likeness (QED) is 0.280. The molecule has 1 unspecified atom stereocenters. The number of esters is 1. The topological polar surface area (TPSA) is 140 Å². The van der Waals surface area contributed by atoms with Crippen LogP contribution in [0.1, 0.15) is 36.7 Å². The lowest BCUT2D eigenvalue weighted by atomic mass is 10.1. The second-order valence-corrected chi connectivity index (χ2v) is 11.0. The number of carbonyl (C=O) groups excluding carboxylic acids is 3. The molecule has 0 fully saturated rings. The summed E-state index contributed by atoms with van der Waals surface area (Å²) in [5.74, 6) is -1.55. The van der Waals surface area contributed by atoms with Crippen molar-refractivity contribution in [2.45, 2.75) is 38.6 Å². The number of hydrogen-bond acceptors (Lipinski definition) is 7. The van der Waals surface area contributed by atoms with Gasteiger partial charge in [0.2, 0.25) is 10.0 Å². The average molecular weight is 568 g/mol. The second-order valence-electron chi connectivity index (χ2n) is 9.30. The van der Waals surface area contributed by atoms with E-state index in [4.69, 9.17) is 9.47 Å². The second kappa shape index (κ2) is 13.7. The molecule has 0 saturated carbocycles. The summed E-state index contributed by atoms with van der Waals surface area (Å²) in [4.78, 5) is 37.6. The zero-order valence-electron chi connectivity index (χ0n) is 22.8. The number of hydrogen-bond donors (Lipinski definition) is 3. The number of ether oxygens (including phenoxy) is 2. The number of nitrogens with one attached hydrogen (secondary N) is 3. The highest BCUT2D eigenvalue weighted by atomic mass is 32.2. The van der Waals surface area contributed by atoms with Gasteiger partial charge in [-0.2, -0.15) is 4.72 Å². The van der Waals surface area contributed by atoms with E-state index in [1.165, 1.54) is 12.1 Å². The van der Waals surface area contributed by atoms with E-state index < -0.39 is 40.5 Å². The summed E-state index contributed by atoms with van der Waals surface area (Å²) < 4.78 is 38.3. The first kappa shape index (κ1) is 30.3. The monoisotopic (exact) mass is 567 g/mol. The Bertz CT molecular complexity index is 1420. The molecule has 212 valence electrons. The standard InChI is InChI=1S/C29H33N3O7S/c1-5-38-24-14-12-23(13-15-24)31-28(34)21-8-10-22(11-9-21)30-26(33)18-39-29(35)27(19(2)3)32-40(36,37)25-16-6-20(4)7-17-25/h6-17,19,27,32H,5,18H2,1-4H3,(H,30,33)(H,31,34). The van der Waals surface area contributed by atoms with Crippen LogP contribution < -0.4 is 20.1 Å². The Labute approximate surface area is 234 Å². The molecule has 0 aliphatic heterocycles. The van der Waals surface area contributed by atoms with E-state index >= 15 is 0 Å². The zero-order chi connectivity index (χ0) is 29.3. The number of benzene rings is 3. The van der Waals surface area contributed by atoms with Crippen molar-refractivity contribution >= 4 is 39.2 Å². The van der Waals surface area contributed by atoms with Crippen LogP contribution in [0.3, 0.4) is 0 Å².